The molecule has 0 radical (unpaired) electrons. The van der Waals surface area contributed by atoms with E-state index in [1.54, 1.807) is 7.11 Å². The second-order valence-corrected chi connectivity index (χ2v) is 8.47. The zero-order chi connectivity index (χ0) is 21.5. The number of rotatable bonds is 9. The summed E-state index contributed by atoms with van der Waals surface area (Å²) in [6, 6.07) is 8.34. The van der Waals surface area contributed by atoms with Gasteiger partial charge in [0.1, 0.15) is 5.75 Å². The molecule has 6 nitrogen and oxygen atoms in total. The molecule has 1 aliphatic rings. The maximum absolute atomic E-state index is 12.6. The number of hydrogen-bond acceptors (Lipinski definition) is 6. The summed E-state index contributed by atoms with van der Waals surface area (Å²) in [5.74, 6) is 0.914. The minimum absolute atomic E-state index is 0.0647. The largest absolute Gasteiger partial charge is 0.497 e. The molecule has 2 aromatic rings. The summed E-state index contributed by atoms with van der Waals surface area (Å²) in [4.78, 5) is 24.1. The van der Waals surface area contributed by atoms with Gasteiger partial charge < -0.3 is 10.1 Å². The molecule has 1 aliphatic heterocycles. The predicted molar refractivity (Wildman–Crippen MR) is 121 cm³/mol. The molecule has 30 heavy (non-hydrogen) atoms. The Bertz CT molecular complexity index is 845. The molecular formula is C23H32N4O2S. The number of aromatic nitrogens is 2. The minimum Gasteiger partial charge on any atom is -0.497 e. The van der Waals surface area contributed by atoms with Crippen LogP contribution < -0.4 is 10.1 Å². The molecule has 1 unspecified atom stereocenters. The van der Waals surface area contributed by atoms with Gasteiger partial charge in [-0.1, -0.05) is 23.9 Å². The van der Waals surface area contributed by atoms with Crippen LogP contribution in [0.25, 0.3) is 0 Å². The fraction of sp³-hybridized carbons (Fsp3) is 0.522. The average Bonchev–Trinajstić information content (AvgIpc) is 3.27. The summed E-state index contributed by atoms with van der Waals surface area (Å²) in [6.45, 7) is 6.72. The molecule has 1 fully saturated rings. The standard InChI is InChI=1S/C23H32N4O2S/c1-16-20(17(2)26-23(25-16)30-4)10-11-22(28)24-15-21(27-12-5-6-13-27)18-8-7-9-19(14-18)29-3/h7-9,14,21H,5-6,10-13,15H2,1-4H3,(H,24,28). The molecule has 1 saturated heterocycles. The molecule has 0 spiro atoms. The molecule has 1 N–H and O–H groups in total. The van der Waals surface area contributed by atoms with Gasteiger partial charge >= 0.3 is 0 Å². The summed E-state index contributed by atoms with van der Waals surface area (Å²) in [7, 11) is 1.69. The fourth-order valence-corrected chi connectivity index (χ4v) is 4.52. The first kappa shape index (κ1) is 22.6. The van der Waals surface area contributed by atoms with Crippen molar-refractivity contribution >= 4 is 17.7 Å². The van der Waals surface area contributed by atoms with Gasteiger partial charge in [0.15, 0.2) is 5.16 Å². The molecule has 0 aliphatic carbocycles. The minimum atomic E-state index is 0.0647. The maximum atomic E-state index is 12.6. The second kappa shape index (κ2) is 10.8. The van der Waals surface area contributed by atoms with E-state index in [0.717, 1.165) is 40.9 Å². The van der Waals surface area contributed by atoms with Gasteiger partial charge in [-0.15, -0.1) is 0 Å². The molecule has 1 aromatic heterocycles. The Hall–Kier alpha value is -2.12. The normalized spacial score (nSPS) is 15.2. The Morgan fingerprint density at radius 2 is 1.93 bits per heavy atom. The van der Waals surface area contributed by atoms with Gasteiger partial charge in [-0.3, -0.25) is 9.69 Å². The molecule has 2 heterocycles. The van der Waals surface area contributed by atoms with Crippen LogP contribution in [0.15, 0.2) is 29.4 Å². The molecule has 1 aromatic carbocycles. The number of nitrogens with one attached hydrogen (secondary N) is 1. The molecule has 0 bridgehead atoms. The number of methoxy groups -OCH3 is 1. The average molecular weight is 429 g/mol. The van der Waals surface area contributed by atoms with Gasteiger partial charge in [-0.05, 0) is 75.7 Å². The van der Waals surface area contributed by atoms with E-state index in [2.05, 4.69) is 32.3 Å². The van der Waals surface area contributed by atoms with Gasteiger partial charge in [-0.2, -0.15) is 0 Å². The maximum Gasteiger partial charge on any atom is 0.220 e. The summed E-state index contributed by atoms with van der Waals surface area (Å²) < 4.78 is 5.40. The van der Waals surface area contributed by atoms with Crippen LogP contribution in [0.1, 0.15) is 47.8 Å². The third kappa shape index (κ3) is 5.73. The van der Waals surface area contributed by atoms with Crippen molar-refractivity contribution in [3.8, 4) is 5.75 Å². The van der Waals surface area contributed by atoms with E-state index in [1.807, 2.05) is 32.2 Å². The molecule has 3 rings (SSSR count). The lowest BCUT2D eigenvalue weighted by Crippen LogP contribution is -2.37. The van der Waals surface area contributed by atoms with Gasteiger partial charge in [0.25, 0.3) is 0 Å². The van der Waals surface area contributed by atoms with Crippen LogP contribution in [-0.4, -0.2) is 53.8 Å². The van der Waals surface area contributed by atoms with Crippen LogP contribution in [0.5, 0.6) is 5.75 Å². The van der Waals surface area contributed by atoms with E-state index < -0.39 is 0 Å². The Labute approximate surface area is 183 Å². The number of carbonyl (C=O) groups is 1. The van der Waals surface area contributed by atoms with E-state index >= 15 is 0 Å². The predicted octanol–water partition coefficient (Wildman–Crippen LogP) is 3.71. The highest BCUT2D eigenvalue weighted by molar-refractivity contribution is 7.98. The monoisotopic (exact) mass is 428 g/mol. The second-order valence-electron chi connectivity index (χ2n) is 7.70. The Morgan fingerprint density at radius 1 is 1.23 bits per heavy atom. The molecule has 0 saturated carbocycles. The first-order valence-electron chi connectivity index (χ1n) is 10.5. The lowest BCUT2D eigenvalue weighted by atomic mass is 10.0. The lowest BCUT2D eigenvalue weighted by Gasteiger charge is -2.28. The van der Waals surface area contributed by atoms with Crippen LogP contribution >= 0.6 is 11.8 Å². The van der Waals surface area contributed by atoms with Crippen LogP contribution in [0.4, 0.5) is 0 Å². The number of benzene rings is 1. The molecule has 1 atom stereocenters. The van der Waals surface area contributed by atoms with E-state index in [9.17, 15) is 4.79 Å². The van der Waals surface area contributed by atoms with Gasteiger partial charge in [0, 0.05) is 24.4 Å². The van der Waals surface area contributed by atoms with Crippen molar-refractivity contribution in [2.75, 3.05) is 33.0 Å². The highest BCUT2D eigenvalue weighted by Gasteiger charge is 2.24. The van der Waals surface area contributed by atoms with Crippen LogP contribution in [0.2, 0.25) is 0 Å². The highest BCUT2D eigenvalue weighted by atomic mass is 32.2. The van der Waals surface area contributed by atoms with Crippen molar-refractivity contribution in [3.05, 3.63) is 46.8 Å². The summed E-state index contributed by atoms with van der Waals surface area (Å²) in [5.41, 5.74) is 4.19. The smallest absolute Gasteiger partial charge is 0.220 e. The SMILES string of the molecule is COc1cccc(C(CNC(=O)CCc2c(C)nc(SC)nc2C)N2CCCC2)c1. The quantitative estimate of drug-likeness (QED) is 0.485. The van der Waals surface area contributed by atoms with Crippen LogP contribution in [0, 0.1) is 13.8 Å². The van der Waals surface area contributed by atoms with Gasteiger partial charge in [-0.25, -0.2) is 9.97 Å². The van der Waals surface area contributed by atoms with E-state index in [0.29, 0.717) is 19.4 Å². The molecule has 1 amide bonds. The van der Waals surface area contributed by atoms with E-state index in [-0.39, 0.29) is 11.9 Å². The van der Waals surface area contributed by atoms with E-state index in [4.69, 9.17) is 4.74 Å². The zero-order valence-electron chi connectivity index (χ0n) is 18.4. The van der Waals surface area contributed by atoms with Crippen molar-refractivity contribution < 1.29 is 9.53 Å². The Balaban J connectivity index is 1.62. The molecule has 7 heteroatoms. The van der Waals surface area contributed by atoms with E-state index in [1.165, 1.54) is 30.2 Å². The van der Waals surface area contributed by atoms with Crippen molar-refractivity contribution in [2.24, 2.45) is 0 Å². The number of aryl methyl sites for hydroxylation is 2. The van der Waals surface area contributed by atoms with Crippen LogP contribution in [-0.2, 0) is 11.2 Å². The highest BCUT2D eigenvalue weighted by Crippen LogP contribution is 2.27. The van der Waals surface area contributed by atoms with Crippen molar-refractivity contribution in [1.29, 1.82) is 0 Å². The first-order chi connectivity index (χ1) is 14.5. The van der Waals surface area contributed by atoms with Crippen LogP contribution in [0.3, 0.4) is 0 Å². The molecule has 162 valence electrons. The summed E-state index contributed by atoms with van der Waals surface area (Å²) in [5, 5.41) is 3.94. The number of likely N-dealkylation sites (tertiary alicyclic amines) is 1. The number of ether oxygens (including phenoxy) is 1. The number of hydrogen-bond donors (Lipinski definition) is 1. The van der Waals surface area contributed by atoms with Gasteiger partial charge in [0.2, 0.25) is 5.91 Å². The van der Waals surface area contributed by atoms with Crippen molar-refractivity contribution in [1.82, 2.24) is 20.2 Å². The third-order valence-electron chi connectivity index (χ3n) is 5.74. The Kier molecular flexibility index (Phi) is 8.10. The fourth-order valence-electron chi connectivity index (χ4n) is 4.06. The first-order valence-corrected chi connectivity index (χ1v) is 11.8. The summed E-state index contributed by atoms with van der Waals surface area (Å²) >= 11 is 1.54. The van der Waals surface area contributed by atoms with Gasteiger partial charge in [0.05, 0.1) is 13.2 Å². The zero-order valence-corrected chi connectivity index (χ0v) is 19.2. The third-order valence-corrected chi connectivity index (χ3v) is 6.29. The number of amides is 1. The summed E-state index contributed by atoms with van der Waals surface area (Å²) in [6.07, 6.45) is 5.48. The number of carbonyl (C=O) groups excluding carboxylic acids is 1. The topological polar surface area (TPSA) is 67.3 Å². The number of nitrogens with zero attached hydrogens (tertiary/aromatic N) is 3. The lowest BCUT2D eigenvalue weighted by molar-refractivity contribution is -0.121. The molecular weight excluding hydrogens is 396 g/mol. The van der Waals surface area contributed by atoms with Crippen molar-refractivity contribution in [3.63, 3.8) is 0 Å². The van der Waals surface area contributed by atoms with Crippen molar-refractivity contribution in [2.45, 2.75) is 50.7 Å². The number of thioether (sulfide) groups is 1. The Morgan fingerprint density at radius 3 is 2.57 bits per heavy atom.